The molecule has 0 radical (unpaired) electrons. The summed E-state index contributed by atoms with van der Waals surface area (Å²) in [7, 11) is 0. The Bertz CT molecular complexity index is 663. The van der Waals surface area contributed by atoms with Gasteiger partial charge in [-0.2, -0.15) is 0 Å². The van der Waals surface area contributed by atoms with Crippen LogP contribution in [-0.4, -0.2) is 6.61 Å². The number of rotatable bonds is 4. The van der Waals surface area contributed by atoms with Gasteiger partial charge in [0.05, 0.1) is 12.6 Å². The molecule has 0 aromatic heterocycles. The van der Waals surface area contributed by atoms with Gasteiger partial charge in [-0.05, 0) is 47.4 Å². The number of benzene rings is 2. The third kappa shape index (κ3) is 3.02. The van der Waals surface area contributed by atoms with E-state index in [1.165, 1.54) is 12.1 Å². The number of nitrogens with one attached hydrogen (secondary N) is 1. The lowest BCUT2D eigenvalue weighted by atomic mass is 9.97. The van der Waals surface area contributed by atoms with Gasteiger partial charge >= 0.3 is 0 Å². The fraction of sp³-hybridized carbons (Fsp3) is 0.250. The highest BCUT2D eigenvalue weighted by Gasteiger charge is 2.20. The van der Waals surface area contributed by atoms with E-state index in [0.29, 0.717) is 18.1 Å². The Hall–Kier alpha value is -1.62. The van der Waals surface area contributed by atoms with E-state index in [1.54, 1.807) is 6.07 Å². The van der Waals surface area contributed by atoms with Crippen molar-refractivity contribution in [2.45, 2.75) is 18.9 Å². The molecule has 0 fully saturated rings. The topological polar surface area (TPSA) is 47.3 Å². The second kappa shape index (κ2) is 6.02. The largest absolute Gasteiger partial charge is 0.493 e. The Labute approximate surface area is 127 Å². The molecule has 2 aromatic rings. The molecule has 1 aliphatic rings. The van der Waals surface area contributed by atoms with Gasteiger partial charge < -0.3 is 4.74 Å². The molecule has 1 heterocycles. The van der Waals surface area contributed by atoms with Crippen molar-refractivity contribution in [1.29, 1.82) is 0 Å². The molecule has 1 atom stereocenters. The monoisotopic (exact) mass is 306 g/mol. The molecule has 0 saturated carbocycles. The fourth-order valence-corrected chi connectivity index (χ4v) is 2.98. The lowest BCUT2D eigenvalue weighted by Crippen LogP contribution is -2.29. The Kier molecular flexibility index (Phi) is 4.10. The van der Waals surface area contributed by atoms with Crippen LogP contribution in [-0.2, 0) is 12.8 Å². The highest BCUT2D eigenvalue weighted by molar-refractivity contribution is 6.30. The lowest BCUT2D eigenvalue weighted by molar-refractivity contribution is 0.351. The Morgan fingerprint density at radius 3 is 2.95 bits per heavy atom. The van der Waals surface area contributed by atoms with E-state index >= 15 is 0 Å². The van der Waals surface area contributed by atoms with Crippen LogP contribution >= 0.6 is 11.6 Å². The first-order chi connectivity index (χ1) is 10.2. The predicted molar refractivity (Wildman–Crippen MR) is 80.8 cm³/mol. The van der Waals surface area contributed by atoms with Gasteiger partial charge in [-0.15, -0.1) is 0 Å². The van der Waals surface area contributed by atoms with Crippen molar-refractivity contribution in [3.8, 4) is 5.75 Å². The van der Waals surface area contributed by atoms with Crippen LogP contribution in [0.5, 0.6) is 5.75 Å². The molecule has 3 nitrogen and oxygen atoms in total. The molecule has 1 aliphatic heterocycles. The van der Waals surface area contributed by atoms with Crippen LogP contribution < -0.4 is 16.0 Å². The Balaban J connectivity index is 1.91. The Morgan fingerprint density at radius 1 is 1.33 bits per heavy atom. The summed E-state index contributed by atoms with van der Waals surface area (Å²) in [5.41, 5.74) is 5.64. The van der Waals surface area contributed by atoms with E-state index in [4.69, 9.17) is 22.2 Å². The highest BCUT2D eigenvalue weighted by atomic mass is 35.5. The van der Waals surface area contributed by atoms with Gasteiger partial charge in [0.1, 0.15) is 11.6 Å². The van der Waals surface area contributed by atoms with Gasteiger partial charge in [-0.3, -0.25) is 11.3 Å². The summed E-state index contributed by atoms with van der Waals surface area (Å²) < 4.78 is 19.1. The van der Waals surface area contributed by atoms with Crippen molar-refractivity contribution < 1.29 is 9.13 Å². The maximum atomic E-state index is 13.4. The second-order valence-corrected chi connectivity index (χ2v) is 5.57. The minimum Gasteiger partial charge on any atom is -0.493 e. The summed E-state index contributed by atoms with van der Waals surface area (Å²) in [6.07, 6.45) is 1.45. The third-order valence-corrected chi connectivity index (χ3v) is 3.92. The van der Waals surface area contributed by atoms with E-state index in [1.807, 2.05) is 18.2 Å². The predicted octanol–water partition coefficient (Wildman–Crippen LogP) is 3.16. The number of fused-ring (bicyclic) bond motifs is 1. The molecule has 0 bridgehead atoms. The van der Waals surface area contributed by atoms with E-state index < -0.39 is 0 Å². The third-order valence-electron chi connectivity index (χ3n) is 3.70. The SMILES string of the molecule is NNC(Cc1cc(Cl)cc2c1OCC2)c1cccc(F)c1. The molecule has 2 aromatic carbocycles. The number of nitrogens with two attached hydrogens (primary N) is 1. The minimum absolute atomic E-state index is 0.201. The lowest BCUT2D eigenvalue weighted by Gasteiger charge is -2.18. The summed E-state index contributed by atoms with van der Waals surface area (Å²) in [6, 6.07) is 10.0. The molecule has 21 heavy (non-hydrogen) atoms. The maximum Gasteiger partial charge on any atom is 0.125 e. The summed E-state index contributed by atoms with van der Waals surface area (Å²) in [4.78, 5) is 0. The molecule has 3 N–H and O–H groups in total. The summed E-state index contributed by atoms with van der Waals surface area (Å²) in [6.45, 7) is 0.670. The van der Waals surface area contributed by atoms with E-state index in [9.17, 15) is 4.39 Å². The van der Waals surface area contributed by atoms with Gasteiger partial charge in [-0.25, -0.2) is 4.39 Å². The van der Waals surface area contributed by atoms with Crippen LogP contribution in [0.25, 0.3) is 0 Å². The van der Waals surface area contributed by atoms with Crippen LogP contribution in [0.4, 0.5) is 4.39 Å². The van der Waals surface area contributed by atoms with E-state index in [0.717, 1.165) is 28.9 Å². The maximum absolute atomic E-state index is 13.4. The van der Waals surface area contributed by atoms with Crippen molar-refractivity contribution in [2.75, 3.05) is 6.61 Å². The van der Waals surface area contributed by atoms with Gasteiger partial charge in [0, 0.05) is 11.4 Å². The number of hydrogen-bond donors (Lipinski definition) is 2. The molecule has 110 valence electrons. The van der Waals surface area contributed by atoms with Crippen molar-refractivity contribution in [1.82, 2.24) is 5.43 Å². The molecule has 1 unspecified atom stereocenters. The summed E-state index contributed by atoms with van der Waals surface area (Å²) >= 11 is 6.16. The van der Waals surface area contributed by atoms with E-state index in [2.05, 4.69) is 5.43 Å². The van der Waals surface area contributed by atoms with E-state index in [-0.39, 0.29) is 11.9 Å². The van der Waals surface area contributed by atoms with Crippen molar-refractivity contribution in [3.63, 3.8) is 0 Å². The molecule has 0 amide bonds. The first kappa shape index (κ1) is 14.3. The molecule has 0 aliphatic carbocycles. The van der Waals surface area contributed by atoms with Crippen molar-refractivity contribution in [2.24, 2.45) is 5.84 Å². The number of hydrazine groups is 1. The molecule has 3 rings (SSSR count). The fourth-order valence-electron chi connectivity index (χ4n) is 2.71. The molecule has 5 heteroatoms. The van der Waals surface area contributed by atoms with Crippen LogP contribution in [0.3, 0.4) is 0 Å². The standard InChI is InChI=1S/C16H16ClFN2O/c17-13-6-11-4-5-21-16(11)12(7-13)9-15(20-19)10-2-1-3-14(18)8-10/h1-3,6-8,15,20H,4-5,9,19H2. The molecular formula is C16H16ClFN2O. The first-order valence-electron chi connectivity index (χ1n) is 6.83. The zero-order valence-corrected chi connectivity index (χ0v) is 12.2. The van der Waals surface area contributed by atoms with Gasteiger partial charge in [0.15, 0.2) is 0 Å². The van der Waals surface area contributed by atoms with Crippen LogP contribution in [0.2, 0.25) is 5.02 Å². The quantitative estimate of drug-likeness (QED) is 0.674. The molecule has 0 saturated heterocycles. The number of ether oxygens (including phenoxy) is 1. The first-order valence-corrected chi connectivity index (χ1v) is 7.21. The van der Waals surface area contributed by atoms with Crippen LogP contribution in [0.1, 0.15) is 22.7 Å². The van der Waals surface area contributed by atoms with Gasteiger partial charge in [0.2, 0.25) is 0 Å². The van der Waals surface area contributed by atoms with Gasteiger partial charge in [0.25, 0.3) is 0 Å². The molecule has 0 spiro atoms. The minimum atomic E-state index is -0.277. The number of halogens is 2. The zero-order valence-electron chi connectivity index (χ0n) is 11.4. The average Bonchev–Trinajstić information content (AvgIpc) is 2.92. The highest BCUT2D eigenvalue weighted by Crippen LogP contribution is 2.35. The average molecular weight is 307 g/mol. The molecular weight excluding hydrogens is 291 g/mol. The van der Waals surface area contributed by atoms with Crippen molar-refractivity contribution in [3.05, 3.63) is 63.9 Å². The smallest absolute Gasteiger partial charge is 0.125 e. The second-order valence-electron chi connectivity index (χ2n) is 5.13. The van der Waals surface area contributed by atoms with Crippen molar-refractivity contribution >= 4 is 11.6 Å². The summed E-state index contributed by atoms with van der Waals surface area (Å²) in [5.74, 6) is 6.25. The normalized spacial score (nSPS) is 14.6. The van der Waals surface area contributed by atoms with Crippen LogP contribution in [0.15, 0.2) is 36.4 Å². The Morgan fingerprint density at radius 2 is 2.19 bits per heavy atom. The van der Waals surface area contributed by atoms with Crippen LogP contribution in [0, 0.1) is 5.82 Å². The summed E-state index contributed by atoms with van der Waals surface area (Å²) in [5, 5.41) is 0.685. The number of hydrogen-bond acceptors (Lipinski definition) is 3. The van der Waals surface area contributed by atoms with Gasteiger partial charge in [-0.1, -0.05) is 23.7 Å². The zero-order chi connectivity index (χ0) is 14.8.